The molecule has 2 aromatic carbocycles. The summed E-state index contributed by atoms with van der Waals surface area (Å²) in [4.78, 5) is 12.6. The quantitative estimate of drug-likeness (QED) is 0.278. The topological polar surface area (TPSA) is 26.3 Å². The number of ether oxygens (including phenoxy) is 1. The predicted molar refractivity (Wildman–Crippen MR) is 126 cm³/mol. The van der Waals surface area contributed by atoms with Crippen LogP contribution in [-0.4, -0.2) is 5.97 Å². The van der Waals surface area contributed by atoms with Crippen molar-refractivity contribution in [2.24, 2.45) is 5.41 Å². The molecule has 0 saturated carbocycles. The monoisotopic (exact) mass is 420 g/mol. The van der Waals surface area contributed by atoms with Crippen LogP contribution in [0.3, 0.4) is 0 Å². The molecule has 0 saturated heterocycles. The standard InChI is InChI=1S/C27H29ClO2/c1-6-18(2)24(25-19(3)11-10-16-27(25,4)5)22-15-14-20(17-23(22)28)26(29)30-21-12-8-7-9-13-21/h6-9,12-15,17H,1,10-11,16H2,2-5H3. The fourth-order valence-electron chi connectivity index (χ4n) is 4.32. The van der Waals surface area contributed by atoms with Gasteiger partial charge in [0.25, 0.3) is 0 Å². The molecule has 0 amide bonds. The van der Waals surface area contributed by atoms with Gasteiger partial charge in [-0.25, -0.2) is 4.79 Å². The Morgan fingerprint density at radius 3 is 2.47 bits per heavy atom. The Morgan fingerprint density at radius 2 is 1.87 bits per heavy atom. The first-order chi connectivity index (χ1) is 14.2. The molecule has 3 rings (SSSR count). The molecule has 0 aromatic heterocycles. The van der Waals surface area contributed by atoms with E-state index in [1.54, 1.807) is 24.3 Å². The molecule has 30 heavy (non-hydrogen) atoms. The van der Waals surface area contributed by atoms with Crippen LogP contribution in [-0.2, 0) is 0 Å². The first-order valence-electron chi connectivity index (χ1n) is 10.4. The molecule has 2 nitrogen and oxygen atoms in total. The number of hydrogen-bond acceptors (Lipinski definition) is 2. The number of carbonyl (C=O) groups is 1. The van der Waals surface area contributed by atoms with Crippen molar-refractivity contribution in [3.05, 3.63) is 94.1 Å². The van der Waals surface area contributed by atoms with E-state index in [0.717, 1.165) is 29.6 Å². The van der Waals surface area contributed by atoms with Gasteiger partial charge in [-0.1, -0.05) is 67.9 Å². The lowest BCUT2D eigenvalue weighted by molar-refractivity contribution is 0.0735. The van der Waals surface area contributed by atoms with Crippen molar-refractivity contribution in [1.82, 2.24) is 0 Å². The average molecular weight is 421 g/mol. The minimum absolute atomic E-state index is 0.0518. The van der Waals surface area contributed by atoms with Gasteiger partial charge in [0.2, 0.25) is 0 Å². The predicted octanol–water partition coefficient (Wildman–Crippen LogP) is 8.05. The summed E-state index contributed by atoms with van der Waals surface area (Å²) in [7, 11) is 0. The van der Waals surface area contributed by atoms with Crippen molar-refractivity contribution in [3.8, 4) is 5.75 Å². The summed E-state index contributed by atoms with van der Waals surface area (Å²) in [5.74, 6) is 0.0875. The molecule has 2 aromatic rings. The van der Waals surface area contributed by atoms with Gasteiger partial charge in [0, 0.05) is 10.6 Å². The van der Waals surface area contributed by atoms with E-state index in [9.17, 15) is 4.79 Å². The van der Waals surface area contributed by atoms with Crippen LogP contribution < -0.4 is 4.74 Å². The second kappa shape index (κ2) is 9.06. The fourth-order valence-corrected chi connectivity index (χ4v) is 4.60. The second-order valence-electron chi connectivity index (χ2n) is 8.55. The van der Waals surface area contributed by atoms with Gasteiger partial charge in [-0.3, -0.25) is 0 Å². The van der Waals surface area contributed by atoms with Crippen LogP contribution in [0.1, 0.15) is 62.9 Å². The maximum absolute atomic E-state index is 12.6. The molecule has 0 spiro atoms. The SMILES string of the molecule is C=CC(C)=C(C1=C(C)CCCC1(C)C)c1ccc(C(=O)Oc2ccccc2)cc1Cl. The number of carbonyl (C=O) groups excluding carboxylic acids is 1. The Balaban J connectivity index is 2.03. The normalized spacial score (nSPS) is 16.7. The van der Waals surface area contributed by atoms with Crippen LogP contribution in [0.15, 0.2) is 77.9 Å². The minimum atomic E-state index is -0.422. The number of para-hydroxylation sites is 1. The zero-order valence-corrected chi connectivity index (χ0v) is 19.0. The van der Waals surface area contributed by atoms with Gasteiger partial charge in [0.15, 0.2) is 0 Å². The first kappa shape index (κ1) is 22.1. The lowest BCUT2D eigenvalue weighted by Gasteiger charge is -2.37. The third-order valence-corrected chi connectivity index (χ3v) is 6.15. The molecule has 1 aliphatic rings. The van der Waals surface area contributed by atoms with Crippen molar-refractivity contribution in [3.63, 3.8) is 0 Å². The van der Waals surface area contributed by atoms with Crippen LogP contribution >= 0.6 is 11.6 Å². The van der Waals surface area contributed by atoms with Crippen LogP contribution in [0.25, 0.3) is 5.57 Å². The molecule has 1 aliphatic carbocycles. The van der Waals surface area contributed by atoms with E-state index >= 15 is 0 Å². The zero-order valence-electron chi connectivity index (χ0n) is 18.2. The Morgan fingerprint density at radius 1 is 1.17 bits per heavy atom. The van der Waals surface area contributed by atoms with Gasteiger partial charge in [-0.05, 0) is 79.5 Å². The highest BCUT2D eigenvalue weighted by atomic mass is 35.5. The summed E-state index contributed by atoms with van der Waals surface area (Å²) in [6, 6.07) is 14.5. The van der Waals surface area contributed by atoms with Crippen molar-refractivity contribution in [2.75, 3.05) is 0 Å². The Kier molecular flexibility index (Phi) is 6.67. The Hall–Kier alpha value is -2.58. The maximum Gasteiger partial charge on any atom is 0.343 e. The summed E-state index contributed by atoms with van der Waals surface area (Å²) in [6.07, 6.45) is 5.30. The van der Waals surface area contributed by atoms with E-state index in [4.69, 9.17) is 16.3 Å². The lowest BCUT2D eigenvalue weighted by atomic mass is 9.68. The van der Waals surface area contributed by atoms with Gasteiger partial charge < -0.3 is 4.74 Å². The molecule has 0 aliphatic heterocycles. The molecule has 0 bridgehead atoms. The van der Waals surface area contributed by atoms with Gasteiger partial charge in [-0.15, -0.1) is 0 Å². The largest absolute Gasteiger partial charge is 0.423 e. The van der Waals surface area contributed by atoms with Gasteiger partial charge in [-0.2, -0.15) is 0 Å². The molecular weight excluding hydrogens is 392 g/mol. The number of esters is 1. The van der Waals surface area contributed by atoms with Crippen molar-refractivity contribution in [1.29, 1.82) is 0 Å². The zero-order chi connectivity index (χ0) is 21.9. The number of allylic oxidation sites excluding steroid dienone is 5. The van der Waals surface area contributed by atoms with Crippen molar-refractivity contribution in [2.45, 2.75) is 47.0 Å². The van der Waals surface area contributed by atoms with Crippen molar-refractivity contribution >= 4 is 23.1 Å². The highest BCUT2D eigenvalue weighted by molar-refractivity contribution is 6.33. The summed E-state index contributed by atoms with van der Waals surface area (Å²) >= 11 is 6.73. The Bertz CT molecular complexity index is 1030. The summed E-state index contributed by atoms with van der Waals surface area (Å²) in [5, 5.41) is 0.537. The first-order valence-corrected chi connectivity index (χ1v) is 10.7. The highest BCUT2D eigenvalue weighted by Gasteiger charge is 2.32. The molecule has 3 heteroatoms. The smallest absolute Gasteiger partial charge is 0.343 e. The minimum Gasteiger partial charge on any atom is -0.423 e. The van der Waals surface area contributed by atoms with Gasteiger partial charge in [0.1, 0.15) is 5.75 Å². The number of hydrogen-bond donors (Lipinski definition) is 0. The summed E-state index contributed by atoms with van der Waals surface area (Å²) in [6.45, 7) is 12.9. The van der Waals surface area contributed by atoms with Crippen LogP contribution in [0.4, 0.5) is 0 Å². The molecule has 0 fully saturated rings. The summed E-state index contributed by atoms with van der Waals surface area (Å²) in [5.41, 5.74) is 6.35. The van der Waals surface area contributed by atoms with E-state index in [1.165, 1.54) is 17.6 Å². The molecule has 0 unspecified atom stereocenters. The third kappa shape index (κ3) is 4.60. The number of rotatable bonds is 5. The third-order valence-electron chi connectivity index (χ3n) is 5.84. The van der Waals surface area contributed by atoms with E-state index in [2.05, 4.69) is 34.3 Å². The van der Waals surface area contributed by atoms with Crippen molar-refractivity contribution < 1.29 is 9.53 Å². The second-order valence-corrected chi connectivity index (χ2v) is 8.96. The van der Waals surface area contributed by atoms with E-state index < -0.39 is 5.97 Å². The van der Waals surface area contributed by atoms with Crippen LogP contribution in [0, 0.1) is 5.41 Å². The highest BCUT2D eigenvalue weighted by Crippen LogP contribution is 2.49. The number of halogens is 1. The van der Waals surface area contributed by atoms with Crippen LogP contribution in [0.5, 0.6) is 5.75 Å². The maximum atomic E-state index is 12.6. The molecule has 156 valence electrons. The molecule has 0 atom stereocenters. The van der Waals surface area contributed by atoms with Gasteiger partial charge in [0.05, 0.1) is 5.56 Å². The molecule has 0 N–H and O–H groups in total. The van der Waals surface area contributed by atoms with E-state index in [-0.39, 0.29) is 5.41 Å². The average Bonchev–Trinajstić information content (AvgIpc) is 2.71. The fraction of sp³-hybridized carbons (Fsp3) is 0.296. The van der Waals surface area contributed by atoms with E-state index in [0.29, 0.717) is 16.3 Å². The molecule has 0 heterocycles. The molecule has 0 radical (unpaired) electrons. The Labute approximate surface area is 184 Å². The molecular formula is C27H29ClO2. The summed E-state index contributed by atoms with van der Waals surface area (Å²) < 4.78 is 5.46. The van der Waals surface area contributed by atoms with Crippen LogP contribution in [0.2, 0.25) is 5.02 Å². The lowest BCUT2D eigenvalue weighted by Crippen LogP contribution is -2.22. The van der Waals surface area contributed by atoms with Gasteiger partial charge >= 0.3 is 5.97 Å². The van der Waals surface area contributed by atoms with E-state index in [1.807, 2.05) is 30.3 Å². The number of benzene rings is 2.